The van der Waals surface area contributed by atoms with Crippen LogP contribution in [-0.4, -0.2) is 60.7 Å². The highest BCUT2D eigenvalue weighted by Gasteiger charge is 2.32. The minimum absolute atomic E-state index is 0.287. The largest absolute Gasteiger partial charge is 0.391 e. The van der Waals surface area contributed by atoms with Crippen LogP contribution in [0.15, 0.2) is 59.6 Å². The first-order chi connectivity index (χ1) is 15.7. The third kappa shape index (κ3) is 5.30. The number of likely N-dealkylation sites (tertiary alicyclic amines) is 1. The van der Waals surface area contributed by atoms with Crippen LogP contribution in [0.5, 0.6) is 0 Å². The zero-order chi connectivity index (χ0) is 22.3. The Morgan fingerprint density at radius 1 is 1.19 bits per heavy atom. The normalized spacial score (nSPS) is 19.4. The van der Waals surface area contributed by atoms with Gasteiger partial charge in [-0.25, -0.2) is 0 Å². The number of aliphatic hydroxyl groups excluding tert-OH is 1. The second kappa shape index (κ2) is 10.6. The summed E-state index contributed by atoms with van der Waals surface area (Å²) in [6, 6.07) is 18.5. The second-order valence-electron chi connectivity index (χ2n) is 8.68. The van der Waals surface area contributed by atoms with E-state index in [0.717, 1.165) is 50.5 Å². The number of amides is 1. The van der Waals surface area contributed by atoms with Crippen LogP contribution in [0.25, 0.3) is 0 Å². The first kappa shape index (κ1) is 22.3. The van der Waals surface area contributed by atoms with Crippen LogP contribution >= 0.6 is 0 Å². The SMILES string of the molecule is CCNC(=NCC(O)Cc1ccccc1)N1CC(CCN2CCCC2=O)c2ccccc21. The predicted octanol–water partition coefficient (Wildman–Crippen LogP) is 3.17. The number of carbonyl (C=O) groups is 1. The van der Waals surface area contributed by atoms with E-state index in [1.165, 1.54) is 11.3 Å². The summed E-state index contributed by atoms with van der Waals surface area (Å²) < 4.78 is 0. The van der Waals surface area contributed by atoms with Crippen LogP contribution in [0.3, 0.4) is 0 Å². The molecule has 0 saturated carbocycles. The number of aliphatic hydroxyl groups is 1. The predicted molar refractivity (Wildman–Crippen MR) is 129 cm³/mol. The summed E-state index contributed by atoms with van der Waals surface area (Å²) in [5, 5.41) is 14.0. The van der Waals surface area contributed by atoms with Crippen molar-refractivity contribution in [3.05, 3.63) is 65.7 Å². The summed E-state index contributed by atoms with van der Waals surface area (Å²) in [6.07, 6.45) is 2.69. The Morgan fingerprint density at radius 3 is 2.72 bits per heavy atom. The van der Waals surface area contributed by atoms with Crippen molar-refractivity contribution in [2.24, 2.45) is 4.99 Å². The van der Waals surface area contributed by atoms with E-state index < -0.39 is 6.10 Å². The summed E-state index contributed by atoms with van der Waals surface area (Å²) in [6.45, 7) is 5.72. The minimum atomic E-state index is -0.527. The van der Waals surface area contributed by atoms with Crippen molar-refractivity contribution in [1.29, 1.82) is 0 Å². The van der Waals surface area contributed by atoms with Gasteiger partial charge in [0.15, 0.2) is 5.96 Å². The van der Waals surface area contributed by atoms with Gasteiger partial charge in [-0.15, -0.1) is 0 Å². The molecule has 2 N–H and O–H groups in total. The van der Waals surface area contributed by atoms with Gasteiger partial charge >= 0.3 is 0 Å². The standard InChI is InChI=1S/C26H34N4O2/c1-2-27-26(28-18-22(31)17-20-9-4-3-5-10-20)30-19-21(23-11-6-7-12-24(23)30)14-16-29-15-8-13-25(29)32/h3-7,9-12,21-22,31H,2,8,13-19H2,1H3,(H,27,28). The number of hydrogen-bond donors (Lipinski definition) is 2. The number of hydrogen-bond acceptors (Lipinski definition) is 3. The average Bonchev–Trinajstić information content (AvgIpc) is 3.39. The van der Waals surface area contributed by atoms with Gasteiger partial charge in [0.1, 0.15) is 0 Å². The maximum absolute atomic E-state index is 12.0. The molecule has 0 spiro atoms. The van der Waals surface area contributed by atoms with Crippen molar-refractivity contribution in [3.63, 3.8) is 0 Å². The molecule has 1 fully saturated rings. The second-order valence-corrected chi connectivity index (χ2v) is 8.68. The lowest BCUT2D eigenvalue weighted by molar-refractivity contribution is -0.127. The van der Waals surface area contributed by atoms with E-state index in [1.807, 2.05) is 35.2 Å². The summed E-state index contributed by atoms with van der Waals surface area (Å²) in [7, 11) is 0. The van der Waals surface area contributed by atoms with Gasteiger partial charge in [-0.1, -0.05) is 48.5 Å². The molecule has 0 radical (unpaired) electrons. The van der Waals surface area contributed by atoms with E-state index in [1.54, 1.807) is 0 Å². The number of benzene rings is 2. The van der Waals surface area contributed by atoms with Crippen LogP contribution in [0.2, 0.25) is 0 Å². The molecule has 0 aromatic heterocycles. The smallest absolute Gasteiger partial charge is 0.222 e. The van der Waals surface area contributed by atoms with Gasteiger partial charge in [-0.3, -0.25) is 9.79 Å². The molecule has 2 aromatic rings. The zero-order valence-corrected chi connectivity index (χ0v) is 18.9. The molecule has 6 heteroatoms. The molecule has 2 heterocycles. The lowest BCUT2D eigenvalue weighted by Gasteiger charge is -2.24. The van der Waals surface area contributed by atoms with E-state index in [9.17, 15) is 9.90 Å². The fraction of sp³-hybridized carbons (Fsp3) is 0.462. The lowest BCUT2D eigenvalue weighted by atomic mass is 9.98. The molecule has 4 rings (SSSR count). The van der Waals surface area contributed by atoms with Crippen LogP contribution < -0.4 is 10.2 Å². The molecular weight excluding hydrogens is 400 g/mol. The maximum atomic E-state index is 12.0. The Kier molecular flexibility index (Phi) is 7.43. The molecule has 1 saturated heterocycles. The number of aliphatic imine (C=N–C) groups is 1. The molecule has 170 valence electrons. The van der Waals surface area contributed by atoms with Gasteiger partial charge in [0, 0.05) is 50.6 Å². The molecule has 1 amide bonds. The number of carbonyl (C=O) groups excluding carboxylic acids is 1. The van der Waals surface area contributed by atoms with E-state index in [-0.39, 0.29) is 5.91 Å². The number of nitrogens with zero attached hydrogens (tertiary/aromatic N) is 3. The first-order valence-corrected chi connectivity index (χ1v) is 11.8. The number of anilines is 1. The van der Waals surface area contributed by atoms with E-state index in [2.05, 4.69) is 41.4 Å². The van der Waals surface area contributed by atoms with Gasteiger partial charge in [0.05, 0.1) is 12.6 Å². The molecule has 2 aromatic carbocycles. The van der Waals surface area contributed by atoms with E-state index in [0.29, 0.717) is 25.3 Å². The van der Waals surface area contributed by atoms with Crippen LogP contribution in [0.4, 0.5) is 5.69 Å². The molecular formula is C26H34N4O2. The van der Waals surface area contributed by atoms with Gasteiger partial charge in [0.25, 0.3) is 0 Å². The molecule has 6 nitrogen and oxygen atoms in total. The van der Waals surface area contributed by atoms with Gasteiger partial charge in [0.2, 0.25) is 5.91 Å². The van der Waals surface area contributed by atoms with E-state index in [4.69, 9.17) is 4.99 Å². The Morgan fingerprint density at radius 2 is 1.97 bits per heavy atom. The van der Waals surface area contributed by atoms with Crippen molar-refractivity contribution in [1.82, 2.24) is 10.2 Å². The molecule has 2 unspecified atom stereocenters. The highest BCUT2D eigenvalue weighted by Crippen LogP contribution is 2.38. The van der Waals surface area contributed by atoms with E-state index >= 15 is 0 Å². The number of fused-ring (bicyclic) bond motifs is 1. The summed E-state index contributed by atoms with van der Waals surface area (Å²) in [4.78, 5) is 21.1. The Hall–Kier alpha value is -2.86. The third-order valence-corrected chi connectivity index (χ3v) is 6.35. The Balaban J connectivity index is 1.45. The molecule has 0 aliphatic carbocycles. The van der Waals surface area contributed by atoms with Crippen molar-refractivity contribution in [2.75, 3.05) is 37.6 Å². The Labute approximate surface area is 191 Å². The first-order valence-electron chi connectivity index (χ1n) is 11.8. The van der Waals surface area contributed by atoms with Crippen LogP contribution in [-0.2, 0) is 11.2 Å². The molecule has 2 aliphatic rings. The van der Waals surface area contributed by atoms with Crippen molar-refractivity contribution >= 4 is 17.6 Å². The topological polar surface area (TPSA) is 68.2 Å². The average molecular weight is 435 g/mol. The fourth-order valence-electron chi connectivity index (χ4n) is 4.73. The van der Waals surface area contributed by atoms with Gasteiger partial charge < -0.3 is 20.2 Å². The fourth-order valence-corrected chi connectivity index (χ4v) is 4.73. The number of guanidine groups is 1. The monoisotopic (exact) mass is 434 g/mol. The molecule has 2 aliphatic heterocycles. The molecule has 0 bridgehead atoms. The number of nitrogens with one attached hydrogen (secondary N) is 1. The highest BCUT2D eigenvalue weighted by atomic mass is 16.3. The summed E-state index contributed by atoms with van der Waals surface area (Å²) in [5.74, 6) is 1.46. The van der Waals surface area contributed by atoms with Crippen LogP contribution in [0.1, 0.15) is 43.2 Å². The van der Waals surface area contributed by atoms with Crippen molar-refractivity contribution < 1.29 is 9.90 Å². The number of para-hydroxylation sites is 1. The van der Waals surface area contributed by atoms with Crippen molar-refractivity contribution in [2.45, 2.75) is 44.6 Å². The molecule has 32 heavy (non-hydrogen) atoms. The van der Waals surface area contributed by atoms with Crippen LogP contribution in [0, 0.1) is 0 Å². The molecule has 2 atom stereocenters. The zero-order valence-electron chi connectivity index (χ0n) is 18.9. The van der Waals surface area contributed by atoms with Gasteiger partial charge in [-0.2, -0.15) is 0 Å². The third-order valence-electron chi connectivity index (χ3n) is 6.35. The summed E-state index contributed by atoms with van der Waals surface area (Å²) in [5.41, 5.74) is 3.60. The summed E-state index contributed by atoms with van der Waals surface area (Å²) >= 11 is 0. The lowest BCUT2D eigenvalue weighted by Crippen LogP contribution is -2.41. The van der Waals surface area contributed by atoms with Gasteiger partial charge in [-0.05, 0) is 37.0 Å². The number of rotatable bonds is 8. The quantitative estimate of drug-likeness (QED) is 0.495. The maximum Gasteiger partial charge on any atom is 0.222 e. The highest BCUT2D eigenvalue weighted by molar-refractivity contribution is 5.98. The Bertz CT molecular complexity index is 930. The van der Waals surface area contributed by atoms with Crippen molar-refractivity contribution in [3.8, 4) is 0 Å². The minimum Gasteiger partial charge on any atom is -0.391 e.